The molecule has 0 aliphatic carbocycles. The van der Waals surface area contributed by atoms with Crippen molar-refractivity contribution in [3.05, 3.63) is 40.4 Å². The van der Waals surface area contributed by atoms with Gasteiger partial charge in [0.15, 0.2) is 0 Å². The minimum absolute atomic E-state index is 0.101. The maximum absolute atomic E-state index is 12.8. The zero-order valence-electron chi connectivity index (χ0n) is 18.7. The first kappa shape index (κ1) is 24.9. The van der Waals surface area contributed by atoms with Crippen LogP contribution in [0.3, 0.4) is 0 Å². The van der Waals surface area contributed by atoms with E-state index in [9.17, 15) is 4.57 Å². The number of allylic oxidation sites excluding steroid dienone is 3. The van der Waals surface area contributed by atoms with Gasteiger partial charge in [-0.15, -0.1) is 0 Å². The largest absolute Gasteiger partial charge is 0.459 e. The molecule has 28 heavy (non-hydrogen) atoms. The van der Waals surface area contributed by atoms with Crippen molar-refractivity contribution in [2.24, 2.45) is 0 Å². The zero-order chi connectivity index (χ0) is 21.3. The van der Waals surface area contributed by atoms with Gasteiger partial charge in [0.05, 0.1) is 12.2 Å². The minimum Gasteiger partial charge on any atom is -0.459 e. The van der Waals surface area contributed by atoms with E-state index in [1.807, 2.05) is 40.7 Å². The van der Waals surface area contributed by atoms with Crippen molar-refractivity contribution in [3.63, 3.8) is 0 Å². The average molecular weight is 413 g/mol. The third-order valence-corrected chi connectivity index (χ3v) is 5.73. The van der Waals surface area contributed by atoms with Gasteiger partial charge < -0.3 is 18.2 Å². The van der Waals surface area contributed by atoms with Crippen LogP contribution in [0.5, 0.6) is 0 Å². The normalized spacial score (nSPS) is 12.9. The summed E-state index contributed by atoms with van der Waals surface area (Å²) < 4.78 is 35.3. The molecule has 6 heteroatoms. The van der Waals surface area contributed by atoms with Crippen molar-refractivity contribution in [1.82, 2.24) is 0 Å². The molecule has 0 radical (unpaired) electrons. The topological polar surface area (TPSA) is 57.9 Å². The monoisotopic (exact) mass is 412 g/mol. The summed E-state index contributed by atoms with van der Waals surface area (Å²) in [6, 6.07) is 2.00. The fourth-order valence-electron chi connectivity index (χ4n) is 2.64. The Morgan fingerprint density at radius 1 is 1.14 bits per heavy atom. The molecule has 0 saturated heterocycles. The highest BCUT2D eigenvalue weighted by Gasteiger charge is 2.28. The van der Waals surface area contributed by atoms with Crippen LogP contribution in [0.1, 0.15) is 78.4 Å². The van der Waals surface area contributed by atoms with Gasteiger partial charge >= 0.3 is 7.60 Å². The Morgan fingerprint density at radius 3 is 2.29 bits per heavy atom. The third kappa shape index (κ3) is 9.88. The molecule has 1 aromatic rings. The molecule has 0 unspecified atom stereocenters. The number of furan rings is 1. The summed E-state index contributed by atoms with van der Waals surface area (Å²) in [5.41, 5.74) is 3.60. The molecule has 160 valence electrons. The molecule has 0 aliphatic rings. The highest BCUT2D eigenvalue weighted by atomic mass is 31.2. The molecular weight excluding hydrogens is 375 g/mol. The van der Waals surface area contributed by atoms with Gasteiger partial charge in [-0.05, 0) is 85.9 Å². The summed E-state index contributed by atoms with van der Waals surface area (Å²) >= 11 is 0. The van der Waals surface area contributed by atoms with Crippen molar-refractivity contribution in [2.75, 3.05) is 6.35 Å². The van der Waals surface area contributed by atoms with Crippen molar-refractivity contribution >= 4 is 13.7 Å². The second kappa shape index (κ2) is 11.8. The first-order valence-corrected chi connectivity index (χ1v) is 11.7. The summed E-state index contributed by atoms with van der Waals surface area (Å²) in [5.74, 6) is 1.54. The van der Waals surface area contributed by atoms with Crippen LogP contribution in [0.4, 0.5) is 0 Å². The van der Waals surface area contributed by atoms with Crippen LogP contribution in [0, 0.1) is 6.92 Å². The third-order valence-electron chi connectivity index (χ3n) is 3.74. The van der Waals surface area contributed by atoms with Gasteiger partial charge in [0.1, 0.15) is 24.5 Å². The van der Waals surface area contributed by atoms with E-state index in [-0.39, 0.29) is 25.2 Å². The fraction of sp³-hybridized carbons (Fsp3) is 0.636. The molecular formula is C22H37O5P. The standard InChI is InChI=1S/C22H37O5P/c1-16(2)10-9-11-19(7)12-21-13-20(8)22(25-21)14-24-15-28(23,26-17(3)4)27-18(5)6/h10,12-13,17-18H,9,11,14-15H2,1-8H3/b19-12+. The van der Waals surface area contributed by atoms with Crippen LogP contribution in [-0.2, 0) is 25.0 Å². The van der Waals surface area contributed by atoms with E-state index in [1.165, 1.54) is 11.1 Å². The molecule has 1 rings (SSSR count). The Kier molecular flexibility index (Phi) is 10.5. The van der Waals surface area contributed by atoms with Gasteiger partial charge in [0.25, 0.3) is 0 Å². The summed E-state index contributed by atoms with van der Waals surface area (Å²) in [6.45, 7) is 15.8. The van der Waals surface area contributed by atoms with E-state index < -0.39 is 7.60 Å². The Hall–Kier alpha value is -1.13. The highest BCUT2D eigenvalue weighted by molar-refractivity contribution is 7.53. The van der Waals surface area contributed by atoms with Crippen molar-refractivity contribution < 1.29 is 22.8 Å². The number of rotatable bonds is 12. The van der Waals surface area contributed by atoms with E-state index >= 15 is 0 Å². The molecule has 0 saturated carbocycles. The molecule has 0 atom stereocenters. The number of ether oxygens (including phenoxy) is 1. The molecule has 0 aliphatic heterocycles. The summed E-state index contributed by atoms with van der Waals surface area (Å²) in [7, 11) is -3.30. The van der Waals surface area contributed by atoms with Crippen molar-refractivity contribution in [2.45, 2.75) is 87.0 Å². The van der Waals surface area contributed by atoms with E-state index in [0.717, 1.165) is 29.9 Å². The quantitative estimate of drug-likeness (QED) is 0.267. The molecule has 0 aromatic carbocycles. The summed E-state index contributed by atoms with van der Waals surface area (Å²) in [4.78, 5) is 0. The lowest BCUT2D eigenvalue weighted by molar-refractivity contribution is 0.0866. The lowest BCUT2D eigenvalue weighted by Gasteiger charge is -2.22. The SMILES string of the molecule is CC(C)=CCC/C(C)=C/c1cc(C)c(COCP(=O)(OC(C)C)OC(C)C)o1. The number of hydrogen-bond donors (Lipinski definition) is 0. The van der Waals surface area contributed by atoms with Crippen LogP contribution < -0.4 is 0 Å². The molecule has 0 amide bonds. The maximum atomic E-state index is 12.8. The van der Waals surface area contributed by atoms with Crippen molar-refractivity contribution in [1.29, 1.82) is 0 Å². The minimum atomic E-state index is -3.30. The van der Waals surface area contributed by atoms with Crippen LogP contribution in [0.25, 0.3) is 6.08 Å². The summed E-state index contributed by atoms with van der Waals surface area (Å²) in [6.07, 6.45) is 5.82. The van der Waals surface area contributed by atoms with E-state index in [2.05, 4.69) is 32.9 Å². The van der Waals surface area contributed by atoms with Gasteiger partial charge in [0, 0.05) is 0 Å². The predicted octanol–water partition coefficient (Wildman–Crippen LogP) is 7.25. The Labute approximate surface area is 170 Å². The molecule has 0 bridgehead atoms. The van der Waals surface area contributed by atoms with Crippen LogP contribution in [0.15, 0.2) is 27.7 Å². The second-order valence-electron chi connectivity index (χ2n) is 7.96. The predicted molar refractivity (Wildman–Crippen MR) is 115 cm³/mol. The van der Waals surface area contributed by atoms with E-state index in [1.54, 1.807) is 0 Å². The molecule has 0 N–H and O–H groups in total. The Balaban J connectivity index is 2.68. The van der Waals surface area contributed by atoms with Crippen LogP contribution >= 0.6 is 7.60 Å². The van der Waals surface area contributed by atoms with Gasteiger partial charge in [-0.2, -0.15) is 0 Å². The zero-order valence-corrected chi connectivity index (χ0v) is 19.6. The smallest absolute Gasteiger partial charge is 0.356 e. The van der Waals surface area contributed by atoms with Gasteiger partial charge in [0.2, 0.25) is 0 Å². The summed E-state index contributed by atoms with van der Waals surface area (Å²) in [5, 5.41) is 0. The number of aryl methyl sites for hydroxylation is 1. The Morgan fingerprint density at radius 2 is 1.75 bits per heavy atom. The van der Waals surface area contributed by atoms with E-state index in [0.29, 0.717) is 0 Å². The van der Waals surface area contributed by atoms with Crippen LogP contribution in [0.2, 0.25) is 0 Å². The van der Waals surface area contributed by atoms with E-state index in [4.69, 9.17) is 18.2 Å². The highest BCUT2D eigenvalue weighted by Crippen LogP contribution is 2.50. The first-order valence-electron chi connectivity index (χ1n) is 9.94. The second-order valence-corrected chi connectivity index (χ2v) is 9.86. The molecule has 1 aromatic heterocycles. The lowest BCUT2D eigenvalue weighted by atomic mass is 10.1. The Bertz CT molecular complexity index is 695. The van der Waals surface area contributed by atoms with Gasteiger partial charge in [-0.3, -0.25) is 4.57 Å². The lowest BCUT2D eigenvalue weighted by Crippen LogP contribution is -2.11. The van der Waals surface area contributed by atoms with Gasteiger partial charge in [-0.25, -0.2) is 0 Å². The molecule has 1 heterocycles. The molecule has 5 nitrogen and oxygen atoms in total. The van der Waals surface area contributed by atoms with Crippen molar-refractivity contribution in [3.8, 4) is 0 Å². The van der Waals surface area contributed by atoms with Crippen LogP contribution in [-0.4, -0.2) is 18.6 Å². The fourth-order valence-corrected chi connectivity index (χ4v) is 4.41. The molecule has 0 fully saturated rings. The van der Waals surface area contributed by atoms with Gasteiger partial charge in [-0.1, -0.05) is 17.2 Å². The maximum Gasteiger partial charge on any atom is 0.356 e. The average Bonchev–Trinajstić information content (AvgIpc) is 2.84. The number of hydrogen-bond acceptors (Lipinski definition) is 5. The first-order chi connectivity index (χ1) is 13.0. The molecule has 0 spiro atoms.